The maximum atomic E-state index is 11.9. The summed E-state index contributed by atoms with van der Waals surface area (Å²) in [6.45, 7) is 5.88. The molecule has 0 bridgehead atoms. The number of halogens is 1. The Labute approximate surface area is 135 Å². The molecular weight excluding hydrogens is 306 g/mol. The van der Waals surface area contributed by atoms with E-state index >= 15 is 0 Å². The number of aromatic nitrogens is 1. The molecule has 4 nitrogen and oxygen atoms in total. The first-order chi connectivity index (χ1) is 9.47. The highest BCUT2D eigenvalue weighted by Crippen LogP contribution is 2.22. The summed E-state index contributed by atoms with van der Waals surface area (Å²) in [4.78, 5) is 16.5. The smallest absolute Gasteiger partial charge is 0.237 e. The molecule has 1 aromatic heterocycles. The molecule has 0 radical (unpaired) electrons. The molecule has 0 aliphatic heterocycles. The average Bonchev–Trinajstić information content (AvgIpc) is 2.79. The first-order valence-corrected chi connectivity index (χ1v) is 7.69. The lowest BCUT2D eigenvalue weighted by Gasteiger charge is -2.19. The molecule has 2 rings (SSSR count). The van der Waals surface area contributed by atoms with Crippen molar-refractivity contribution in [3.05, 3.63) is 29.3 Å². The number of hydrogen-bond donors (Lipinski definition) is 2. The quantitative estimate of drug-likeness (QED) is 0.887. The van der Waals surface area contributed by atoms with Crippen molar-refractivity contribution in [1.82, 2.24) is 10.3 Å². The fourth-order valence-electron chi connectivity index (χ4n) is 1.96. The molecule has 6 heteroatoms. The molecule has 0 saturated heterocycles. The fraction of sp³-hybridized carbons (Fsp3) is 0.467. The van der Waals surface area contributed by atoms with Gasteiger partial charge in [0.25, 0.3) is 0 Å². The highest BCUT2D eigenvalue weighted by atomic mass is 35.5. The molecule has 1 unspecified atom stereocenters. The summed E-state index contributed by atoms with van der Waals surface area (Å²) in [7, 11) is 0. The van der Waals surface area contributed by atoms with Crippen LogP contribution in [0.4, 0.5) is 0 Å². The van der Waals surface area contributed by atoms with Crippen LogP contribution >= 0.6 is 23.7 Å². The van der Waals surface area contributed by atoms with Crippen LogP contribution in [-0.4, -0.2) is 23.0 Å². The van der Waals surface area contributed by atoms with E-state index in [0.717, 1.165) is 16.9 Å². The van der Waals surface area contributed by atoms with Crippen molar-refractivity contribution in [3.63, 3.8) is 0 Å². The molecule has 0 spiro atoms. The minimum atomic E-state index is -0.451. The Morgan fingerprint density at radius 3 is 2.62 bits per heavy atom. The van der Waals surface area contributed by atoms with Gasteiger partial charge < -0.3 is 11.1 Å². The summed E-state index contributed by atoms with van der Waals surface area (Å²) in [6.07, 6.45) is 0.732. The summed E-state index contributed by atoms with van der Waals surface area (Å²) >= 11 is 1.67. The number of para-hydroxylation sites is 1. The van der Waals surface area contributed by atoms with Crippen LogP contribution in [-0.2, 0) is 11.2 Å². The number of carbonyl (C=O) groups is 1. The molecule has 0 aliphatic carbocycles. The van der Waals surface area contributed by atoms with Crippen LogP contribution in [0.2, 0.25) is 0 Å². The zero-order valence-corrected chi connectivity index (χ0v) is 14.1. The van der Waals surface area contributed by atoms with E-state index in [-0.39, 0.29) is 30.3 Å². The molecular formula is C15H22ClN3OS. The summed E-state index contributed by atoms with van der Waals surface area (Å²) in [6, 6.07) is 7.65. The molecule has 1 amide bonds. The second-order valence-corrected chi connectivity index (χ2v) is 6.57. The van der Waals surface area contributed by atoms with Gasteiger partial charge in [0.1, 0.15) is 0 Å². The zero-order chi connectivity index (χ0) is 14.7. The third kappa shape index (κ3) is 4.66. The van der Waals surface area contributed by atoms with Crippen LogP contribution < -0.4 is 11.1 Å². The van der Waals surface area contributed by atoms with Gasteiger partial charge in [0, 0.05) is 12.5 Å². The molecule has 1 aromatic carbocycles. The van der Waals surface area contributed by atoms with Gasteiger partial charge >= 0.3 is 0 Å². The first kappa shape index (κ1) is 17.9. The Morgan fingerprint density at radius 2 is 2.00 bits per heavy atom. The Balaban J connectivity index is 0.00000220. The minimum absolute atomic E-state index is 0. The largest absolute Gasteiger partial charge is 0.352 e. The number of nitrogens with two attached hydrogens (primary N) is 1. The highest BCUT2D eigenvalue weighted by Gasteiger charge is 2.19. The number of hydrogen-bond acceptors (Lipinski definition) is 4. The van der Waals surface area contributed by atoms with Crippen molar-refractivity contribution in [2.75, 3.05) is 0 Å². The van der Waals surface area contributed by atoms with Crippen LogP contribution in [0.3, 0.4) is 0 Å². The van der Waals surface area contributed by atoms with Gasteiger partial charge in [-0.3, -0.25) is 4.79 Å². The third-order valence-corrected chi connectivity index (χ3v) is 4.29. The Kier molecular flexibility index (Phi) is 6.58. The van der Waals surface area contributed by atoms with E-state index in [1.807, 2.05) is 39.0 Å². The van der Waals surface area contributed by atoms with Gasteiger partial charge in [-0.1, -0.05) is 26.0 Å². The molecule has 3 N–H and O–H groups in total. The summed E-state index contributed by atoms with van der Waals surface area (Å²) in [5.74, 6) is 0.0539. The van der Waals surface area contributed by atoms with Crippen molar-refractivity contribution in [1.29, 1.82) is 0 Å². The molecule has 0 fully saturated rings. The third-order valence-electron chi connectivity index (χ3n) is 3.23. The van der Waals surface area contributed by atoms with Gasteiger partial charge in [0.05, 0.1) is 21.3 Å². The van der Waals surface area contributed by atoms with Crippen LogP contribution in [0.5, 0.6) is 0 Å². The normalized spacial score (nSPS) is 13.8. The monoisotopic (exact) mass is 327 g/mol. The number of rotatable bonds is 5. The van der Waals surface area contributed by atoms with Gasteiger partial charge in [-0.2, -0.15) is 0 Å². The Hall–Kier alpha value is -1.17. The predicted octanol–water partition coefficient (Wildman–Crippen LogP) is 2.75. The van der Waals surface area contributed by atoms with Gasteiger partial charge in [0.15, 0.2) is 0 Å². The number of nitrogens with zero attached hydrogens (tertiary/aromatic N) is 1. The summed E-state index contributed by atoms with van der Waals surface area (Å²) in [5, 5.41) is 4.00. The van der Waals surface area contributed by atoms with Crippen molar-refractivity contribution in [3.8, 4) is 0 Å². The van der Waals surface area contributed by atoms with Crippen molar-refractivity contribution in [2.45, 2.75) is 39.3 Å². The van der Waals surface area contributed by atoms with Crippen molar-refractivity contribution < 1.29 is 4.79 Å². The Morgan fingerprint density at radius 1 is 1.33 bits per heavy atom. The maximum Gasteiger partial charge on any atom is 0.237 e. The molecule has 116 valence electrons. The van der Waals surface area contributed by atoms with Crippen molar-refractivity contribution in [2.24, 2.45) is 11.7 Å². The van der Waals surface area contributed by atoms with Gasteiger partial charge in [-0.25, -0.2) is 4.98 Å². The number of carbonyl (C=O) groups excluding carboxylic acids is 1. The zero-order valence-electron chi connectivity index (χ0n) is 12.5. The molecule has 0 saturated carbocycles. The number of nitrogens with one attached hydrogen (secondary N) is 1. The van der Waals surface area contributed by atoms with E-state index < -0.39 is 6.04 Å². The van der Waals surface area contributed by atoms with E-state index in [1.165, 1.54) is 4.70 Å². The lowest BCUT2D eigenvalue weighted by molar-refractivity contribution is -0.123. The van der Waals surface area contributed by atoms with Crippen LogP contribution in [0, 0.1) is 5.92 Å². The second-order valence-electron chi connectivity index (χ2n) is 5.46. The highest BCUT2D eigenvalue weighted by molar-refractivity contribution is 7.18. The van der Waals surface area contributed by atoms with Crippen LogP contribution in [0.1, 0.15) is 25.8 Å². The SMILES string of the molecule is CC(Cc1nc2ccccc2s1)NC(=O)[C@@H](N)C(C)C.Cl. The summed E-state index contributed by atoms with van der Waals surface area (Å²) < 4.78 is 1.18. The minimum Gasteiger partial charge on any atom is -0.352 e. The van der Waals surface area contributed by atoms with Crippen LogP contribution in [0.25, 0.3) is 10.2 Å². The summed E-state index contributed by atoms with van der Waals surface area (Å²) in [5.41, 5.74) is 6.86. The molecule has 1 heterocycles. The van der Waals surface area contributed by atoms with E-state index in [2.05, 4.69) is 16.4 Å². The molecule has 2 atom stereocenters. The number of benzene rings is 1. The number of amides is 1. The Bertz CT molecular complexity index is 566. The maximum absolute atomic E-state index is 11.9. The molecule has 2 aromatic rings. The van der Waals surface area contributed by atoms with Gasteiger partial charge in [0.2, 0.25) is 5.91 Å². The topological polar surface area (TPSA) is 68.0 Å². The van der Waals surface area contributed by atoms with E-state index in [9.17, 15) is 4.79 Å². The molecule has 0 aliphatic rings. The average molecular weight is 328 g/mol. The fourth-order valence-corrected chi connectivity index (χ4v) is 3.06. The van der Waals surface area contributed by atoms with E-state index in [1.54, 1.807) is 11.3 Å². The lowest BCUT2D eigenvalue weighted by atomic mass is 10.0. The van der Waals surface area contributed by atoms with Crippen LogP contribution in [0.15, 0.2) is 24.3 Å². The number of thiazole rings is 1. The van der Waals surface area contributed by atoms with Gasteiger partial charge in [-0.05, 0) is 25.0 Å². The number of fused-ring (bicyclic) bond motifs is 1. The van der Waals surface area contributed by atoms with Gasteiger partial charge in [-0.15, -0.1) is 23.7 Å². The predicted molar refractivity (Wildman–Crippen MR) is 91.0 cm³/mol. The second kappa shape index (κ2) is 7.73. The van der Waals surface area contributed by atoms with E-state index in [0.29, 0.717) is 0 Å². The standard InChI is InChI=1S/C15H21N3OS.ClH/c1-9(2)14(16)15(19)17-10(3)8-13-18-11-6-4-5-7-12(11)20-13;/h4-7,9-10,14H,8,16H2,1-3H3,(H,17,19);1H/t10?,14-;/m0./s1. The van der Waals surface area contributed by atoms with Crippen molar-refractivity contribution >= 4 is 39.9 Å². The van der Waals surface area contributed by atoms with E-state index in [4.69, 9.17) is 5.73 Å². The molecule has 21 heavy (non-hydrogen) atoms. The lowest BCUT2D eigenvalue weighted by Crippen LogP contribution is -2.47. The first-order valence-electron chi connectivity index (χ1n) is 6.87.